The van der Waals surface area contributed by atoms with Gasteiger partial charge in [0.25, 0.3) is 0 Å². The van der Waals surface area contributed by atoms with E-state index in [1.807, 2.05) is 0 Å². The molecule has 0 atom stereocenters. The Kier molecular flexibility index (Phi) is 4.99. The molecule has 1 fully saturated rings. The van der Waals surface area contributed by atoms with Crippen LogP contribution in [0.25, 0.3) is 0 Å². The Balaban J connectivity index is 1.91. The van der Waals surface area contributed by atoms with Crippen molar-refractivity contribution in [2.45, 2.75) is 39.0 Å². The van der Waals surface area contributed by atoms with Gasteiger partial charge in [0.2, 0.25) is 11.2 Å². The second kappa shape index (κ2) is 6.73. The van der Waals surface area contributed by atoms with Gasteiger partial charge in [-0.2, -0.15) is 15.0 Å². The van der Waals surface area contributed by atoms with Gasteiger partial charge in [-0.05, 0) is 36.8 Å². The van der Waals surface area contributed by atoms with E-state index in [-0.39, 0.29) is 5.28 Å². The fourth-order valence-corrected chi connectivity index (χ4v) is 2.23. The minimum atomic E-state index is 0.171. The number of hydrogen-bond donors (Lipinski definition) is 1. The van der Waals surface area contributed by atoms with Gasteiger partial charge >= 0.3 is 6.01 Å². The van der Waals surface area contributed by atoms with Crippen LogP contribution in [0.5, 0.6) is 6.01 Å². The number of hydrogen-bond acceptors (Lipinski definition) is 5. The van der Waals surface area contributed by atoms with Crippen molar-refractivity contribution in [3.63, 3.8) is 0 Å². The summed E-state index contributed by atoms with van der Waals surface area (Å²) in [5.41, 5.74) is 0. The van der Waals surface area contributed by atoms with Gasteiger partial charge in [0.05, 0.1) is 6.61 Å². The average Bonchev–Trinajstić information content (AvgIpc) is 2.86. The molecule has 1 N–H and O–H groups in total. The molecule has 1 aliphatic rings. The summed E-state index contributed by atoms with van der Waals surface area (Å²) in [6, 6.07) is 0.320. The highest BCUT2D eigenvalue weighted by Crippen LogP contribution is 2.25. The molecule has 1 saturated carbocycles. The fourth-order valence-electron chi connectivity index (χ4n) is 2.08. The Morgan fingerprint density at radius 3 is 2.78 bits per heavy atom. The van der Waals surface area contributed by atoms with Crippen LogP contribution < -0.4 is 10.1 Å². The smallest absolute Gasteiger partial charge is 0.322 e. The number of halogens is 1. The zero-order valence-electron chi connectivity index (χ0n) is 10.7. The summed E-state index contributed by atoms with van der Waals surface area (Å²) in [4.78, 5) is 12.2. The lowest BCUT2D eigenvalue weighted by atomic mass is 10.1. The van der Waals surface area contributed by atoms with E-state index in [0.29, 0.717) is 24.5 Å². The topological polar surface area (TPSA) is 59.9 Å². The van der Waals surface area contributed by atoms with E-state index in [0.717, 1.165) is 13.0 Å². The highest BCUT2D eigenvalue weighted by molar-refractivity contribution is 6.28. The third-order valence-corrected chi connectivity index (χ3v) is 3.21. The molecule has 0 saturated heterocycles. The van der Waals surface area contributed by atoms with Crippen LogP contribution in [0, 0.1) is 5.92 Å². The molecule has 5 nitrogen and oxygen atoms in total. The molecule has 1 aromatic heterocycles. The molecule has 0 aromatic carbocycles. The predicted octanol–water partition coefficient (Wildman–Crippen LogP) is 2.92. The van der Waals surface area contributed by atoms with Crippen LogP contribution in [0.4, 0.5) is 5.95 Å². The zero-order chi connectivity index (χ0) is 12.8. The summed E-state index contributed by atoms with van der Waals surface area (Å²) in [6.45, 7) is 3.56. The van der Waals surface area contributed by atoms with E-state index in [9.17, 15) is 0 Å². The van der Waals surface area contributed by atoms with Crippen LogP contribution in [0.3, 0.4) is 0 Å². The van der Waals surface area contributed by atoms with Gasteiger partial charge in [0, 0.05) is 6.54 Å². The highest BCUT2D eigenvalue weighted by Gasteiger charge is 2.16. The third-order valence-electron chi connectivity index (χ3n) is 3.04. The minimum absolute atomic E-state index is 0.171. The fraction of sp³-hybridized carbons (Fsp3) is 0.750. The predicted molar refractivity (Wildman–Crippen MR) is 71.1 cm³/mol. The van der Waals surface area contributed by atoms with Gasteiger partial charge in [-0.15, -0.1) is 0 Å². The summed E-state index contributed by atoms with van der Waals surface area (Å²) in [5, 5.41) is 3.25. The molecule has 18 heavy (non-hydrogen) atoms. The van der Waals surface area contributed by atoms with Crippen LogP contribution in [-0.4, -0.2) is 28.1 Å². The number of nitrogens with one attached hydrogen (secondary N) is 1. The van der Waals surface area contributed by atoms with Crippen LogP contribution >= 0.6 is 11.6 Å². The maximum atomic E-state index is 5.84. The Labute approximate surface area is 112 Å². The average molecular weight is 271 g/mol. The molecule has 0 spiro atoms. The first-order chi connectivity index (χ1) is 8.78. The van der Waals surface area contributed by atoms with E-state index in [2.05, 4.69) is 27.2 Å². The van der Waals surface area contributed by atoms with Crippen molar-refractivity contribution in [3.8, 4) is 6.01 Å². The summed E-state index contributed by atoms with van der Waals surface area (Å²) in [6.07, 6.45) is 6.08. The van der Waals surface area contributed by atoms with E-state index >= 15 is 0 Å². The van der Waals surface area contributed by atoms with Gasteiger partial charge in [-0.1, -0.05) is 19.8 Å². The summed E-state index contributed by atoms with van der Waals surface area (Å²) >= 11 is 5.84. The van der Waals surface area contributed by atoms with Crippen molar-refractivity contribution >= 4 is 17.5 Å². The Bertz CT molecular complexity index is 382. The van der Waals surface area contributed by atoms with E-state index in [4.69, 9.17) is 16.3 Å². The van der Waals surface area contributed by atoms with Crippen molar-refractivity contribution in [1.82, 2.24) is 15.0 Å². The van der Waals surface area contributed by atoms with Crippen molar-refractivity contribution in [3.05, 3.63) is 5.28 Å². The lowest BCUT2D eigenvalue weighted by molar-refractivity contribution is 0.234. The first-order valence-corrected chi connectivity index (χ1v) is 6.94. The molecular weight excluding hydrogens is 252 g/mol. The molecule has 0 bridgehead atoms. The second-order valence-corrected chi connectivity index (χ2v) is 4.94. The van der Waals surface area contributed by atoms with Crippen molar-refractivity contribution in [2.24, 2.45) is 5.92 Å². The minimum Gasteiger partial charge on any atom is -0.463 e. The molecule has 1 aromatic rings. The summed E-state index contributed by atoms with van der Waals surface area (Å²) < 4.78 is 5.60. The monoisotopic (exact) mass is 270 g/mol. The third kappa shape index (κ3) is 3.98. The Morgan fingerprint density at radius 1 is 1.28 bits per heavy atom. The Hall–Kier alpha value is -1.10. The van der Waals surface area contributed by atoms with Crippen LogP contribution in [0.2, 0.25) is 5.28 Å². The maximum Gasteiger partial charge on any atom is 0.322 e. The van der Waals surface area contributed by atoms with E-state index in [1.165, 1.54) is 25.7 Å². The number of ether oxygens (including phenoxy) is 1. The zero-order valence-corrected chi connectivity index (χ0v) is 11.4. The molecule has 1 aliphatic carbocycles. The SMILES string of the molecule is CCCNc1nc(Cl)nc(OCC2CCCC2)n1. The first kappa shape index (κ1) is 13.3. The molecule has 0 unspecified atom stereocenters. The van der Waals surface area contributed by atoms with Crippen molar-refractivity contribution in [2.75, 3.05) is 18.5 Å². The van der Waals surface area contributed by atoms with Crippen LogP contribution in [0.15, 0.2) is 0 Å². The summed E-state index contributed by atoms with van der Waals surface area (Å²) in [5.74, 6) is 1.12. The number of aromatic nitrogens is 3. The molecule has 0 aliphatic heterocycles. The number of anilines is 1. The quantitative estimate of drug-likeness (QED) is 0.861. The molecule has 6 heteroatoms. The molecule has 0 amide bonds. The number of rotatable bonds is 6. The van der Waals surface area contributed by atoms with Crippen molar-refractivity contribution < 1.29 is 4.74 Å². The lowest BCUT2D eigenvalue weighted by Gasteiger charge is -2.10. The lowest BCUT2D eigenvalue weighted by Crippen LogP contribution is -2.12. The van der Waals surface area contributed by atoms with E-state index in [1.54, 1.807) is 0 Å². The van der Waals surface area contributed by atoms with Crippen LogP contribution in [-0.2, 0) is 0 Å². The van der Waals surface area contributed by atoms with Gasteiger partial charge in [0.15, 0.2) is 0 Å². The van der Waals surface area contributed by atoms with Crippen LogP contribution in [0.1, 0.15) is 39.0 Å². The largest absolute Gasteiger partial charge is 0.463 e. The summed E-state index contributed by atoms with van der Waals surface area (Å²) in [7, 11) is 0. The van der Waals surface area contributed by atoms with E-state index < -0.39 is 0 Å². The molecule has 1 heterocycles. The second-order valence-electron chi connectivity index (χ2n) is 4.60. The van der Waals surface area contributed by atoms with Gasteiger partial charge < -0.3 is 10.1 Å². The molecule has 2 rings (SSSR count). The maximum absolute atomic E-state index is 5.84. The Morgan fingerprint density at radius 2 is 2.06 bits per heavy atom. The molecule has 0 radical (unpaired) electrons. The molecular formula is C12H19ClN4O. The highest BCUT2D eigenvalue weighted by atomic mass is 35.5. The standard InChI is InChI=1S/C12H19ClN4O/c1-2-7-14-11-15-10(13)16-12(17-11)18-8-9-5-3-4-6-9/h9H,2-8H2,1H3,(H,14,15,16,17). The normalized spacial score (nSPS) is 15.9. The van der Waals surface area contributed by atoms with Gasteiger partial charge in [-0.3, -0.25) is 0 Å². The number of nitrogens with zero attached hydrogens (tertiary/aromatic N) is 3. The van der Waals surface area contributed by atoms with Gasteiger partial charge in [-0.25, -0.2) is 0 Å². The van der Waals surface area contributed by atoms with Crippen molar-refractivity contribution in [1.29, 1.82) is 0 Å². The van der Waals surface area contributed by atoms with Gasteiger partial charge in [0.1, 0.15) is 0 Å². The molecule has 100 valence electrons. The first-order valence-electron chi connectivity index (χ1n) is 6.56.